The summed E-state index contributed by atoms with van der Waals surface area (Å²) in [5.41, 5.74) is 0.848. The monoisotopic (exact) mass is 455 g/mol. The minimum atomic E-state index is 0.0354. The van der Waals surface area contributed by atoms with Crippen LogP contribution in [0.5, 0.6) is 0 Å². The molecule has 1 saturated heterocycles. The van der Waals surface area contributed by atoms with Gasteiger partial charge in [0.05, 0.1) is 17.3 Å². The summed E-state index contributed by atoms with van der Waals surface area (Å²) >= 11 is 20.0. The van der Waals surface area contributed by atoms with E-state index in [0.29, 0.717) is 21.2 Å². The number of nitrogens with one attached hydrogen (secondary N) is 2. The van der Waals surface area contributed by atoms with E-state index in [9.17, 15) is 0 Å². The first kappa shape index (κ1) is 21.8. The second kappa shape index (κ2) is 8.49. The van der Waals surface area contributed by atoms with Gasteiger partial charge in [0.2, 0.25) is 0 Å². The van der Waals surface area contributed by atoms with Crippen molar-refractivity contribution >= 4 is 57.6 Å². The number of hydrogen-bond donors (Lipinski definition) is 2. The summed E-state index contributed by atoms with van der Waals surface area (Å²) in [7, 11) is 0. The van der Waals surface area contributed by atoms with Crippen LogP contribution >= 0.6 is 46.8 Å². The summed E-state index contributed by atoms with van der Waals surface area (Å²) in [6, 6.07) is 9.98. The first-order valence-corrected chi connectivity index (χ1v) is 11.4. The second-order valence-corrected chi connectivity index (χ2v) is 11.0. The molecule has 0 amide bonds. The summed E-state index contributed by atoms with van der Waals surface area (Å²) in [4.78, 5) is 3.61. The van der Waals surface area contributed by atoms with Gasteiger partial charge in [-0.25, -0.2) is 0 Å². The smallest absolute Gasteiger partial charge is 0.174 e. The number of thiophene rings is 1. The molecule has 1 aliphatic heterocycles. The summed E-state index contributed by atoms with van der Waals surface area (Å²) in [5, 5.41) is 11.1. The Morgan fingerprint density at radius 3 is 2.46 bits per heavy atom. The molecular formula is C21H27Cl2N3S2. The van der Waals surface area contributed by atoms with Gasteiger partial charge < -0.3 is 15.5 Å². The predicted octanol–water partition coefficient (Wildman–Crippen LogP) is 6.56. The topological polar surface area (TPSA) is 27.3 Å². The van der Waals surface area contributed by atoms with Gasteiger partial charge in [0.25, 0.3) is 0 Å². The fraction of sp³-hybridized carbons (Fsp3) is 0.476. The maximum atomic E-state index is 6.36. The second-order valence-electron chi connectivity index (χ2n) is 8.72. The molecule has 28 heavy (non-hydrogen) atoms. The van der Waals surface area contributed by atoms with Crippen LogP contribution in [0.25, 0.3) is 0 Å². The molecule has 0 saturated carbocycles. The van der Waals surface area contributed by atoms with Crippen molar-refractivity contribution in [1.82, 2.24) is 10.2 Å². The predicted molar refractivity (Wildman–Crippen MR) is 127 cm³/mol. The largest absolute Gasteiger partial charge is 0.341 e. The molecule has 0 bridgehead atoms. The Labute approximate surface area is 187 Å². The minimum absolute atomic E-state index is 0.0354. The highest BCUT2D eigenvalue weighted by Gasteiger charge is 2.40. The maximum absolute atomic E-state index is 6.36. The zero-order valence-electron chi connectivity index (χ0n) is 16.7. The number of anilines is 1. The quantitative estimate of drug-likeness (QED) is 0.510. The van der Waals surface area contributed by atoms with Gasteiger partial charge in [0, 0.05) is 27.0 Å². The lowest BCUT2D eigenvalue weighted by atomic mass is 9.79. The molecule has 1 aromatic carbocycles. The normalized spacial score (nSPS) is 18.6. The third-order valence-corrected chi connectivity index (χ3v) is 6.69. The minimum Gasteiger partial charge on any atom is -0.341 e. The number of thiocarbonyl (C=S) groups is 1. The Kier molecular flexibility index (Phi) is 6.62. The van der Waals surface area contributed by atoms with Crippen molar-refractivity contribution < 1.29 is 0 Å². The van der Waals surface area contributed by atoms with Gasteiger partial charge in [-0.3, -0.25) is 0 Å². The van der Waals surface area contributed by atoms with E-state index < -0.39 is 0 Å². The van der Waals surface area contributed by atoms with Crippen molar-refractivity contribution in [3.63, 3.8) is 0 Å². The zero-order valence-corrected chi connectivity index (χ0v) is 19.8. The summed E-state index contributed by atoms with van der Waals surface area (Å²) in [6.07, 6.45) is 2.02. The molecule has 0 spiro atoms. The number of rotatable bonds is 4. The third kappa shape index (κ3) is 5.61. The van der Waals surface area contributed by atoms with E-state index in [2.05, 4.69) is 60.7 Å². The molecule has 7 heteroatoms. The molecule has 2 aromatic rings. The molecule has 0 unspecified atom stereocenters. The molecule has 3 nitrogen and oxygen atoms in total. The lowest BCUT2D eigenvalue weighted by Crippen LogP contribution is -2.63. The average Bonchev–Trinajstić information content (AvgIpc) is 3.05. The summed E-state index contributed by atoms with van der Waals surface area (Å²) < 4.78 is 0. The highest BCUT2D eigenvalue weighted by atomic mass is 35.5. The molecule has 0 radical (unpaired) electrons. The molecule has 2 heterocycles. The number of halogens is 2. The first-order chi connectivity index (χ1) is 13.0. The highest BCUT2D eigenvalue weighted by Crippen LogP contribution is 2.34. The Hall–Kier alpha value is -0.850. The van der Waals surface area contributed by atoms with Crippen LogP contribution in [0.1, 0.15) is 45.4 Å². The fourth-order valence-electron chi connectivity index (χ4n) is 4.20. The lowest BCUT2D eigenvalue weighted by molar-refractivity contribution is 0.102. The van der Waals surface area contributed by atoms with E-state index >= 15 is 0 Å². The van der Waals surface area contributed by atoms with Gasteiger partial charge in [-0.2, -0.15) is 0 Å². The highest BCUT2D eigenvalue weighted by molar-refractivity contribution is 7.80. The third-order valence-electron chi connectivity index (χ3n) is 4.95. The first-order valence-electron chi connectivity index (χ1n) is 9.39. The van der Waals surface area contributed by atoms with Crippen molar-refractivity contribution in [2.24, 2.45) is 0 Å². The SMILES string of the molecule is CC1(C)CC(N(Cc2cccs2)C(=S)Nc2ccc(Cl)cc2Cl)CC(C)(C)N1. The Morgan fingerprint density at radius 2 is 1.89 bits per heavy atom. The van der Waals surface area contributed by atoms with Crippen LogP contribution in [0.3, 0.4) is 0 Å². The molecule has 1 fully saturated rings. The van der Waals surface area contributed by atoms with Crippen LogP contribution in [0.15, 0.2) is 35.7 Å². The van der Waals surface area contributed by atoms with Crippen LogP contribution < -0.4 is 10.6 Å². The number of benzene rings is 1. The van der Waals surface area contributed by atoms with Gasteiger partial charge in [-0.1, -0.05) is 29.3 Å². The van der Waals surface area contributed by atoms with E-state index in [1.54, 1.807) is 17.4 Å². The molecule has 2 N–H and O–H groups in total. The van der Waals surface area contributed by atoms with Crippen LogP contribution in [0.4, 0.5) is 5.69 Å². The lowest BCUT2D eigenvalue weighted by Gasteiger charge is -2.50. The summed E-state index contributed by atoms with van der Waals surface area (Å²) in [6.45, 7) is 9.83. The molecule has 0 atom stereocenters. The van der Waals surface area contributed by atoms with Crippen LogP contribution in [-0.2, 0) is 6.54 Å². The van der Waals surface area contributed by atoms with Gasteiger partial charge in [-0.15, -0.1) is 11.3 Å². The molecular weight excluding hydrogens is 429 g/mol. The van der Waals surface area contributed by atoms with Crippen molar-refractivity contribution in [2.75, 3.05) is 5.32 Å². The summed E-state index contributed by atoms with van der Waals surface area (Å²) in [5.74, 6) is 0. The van der Waals surface area contributed by atoms with Crippen LogP contribution in [0.2, 0.25) is 10.0 Å². The number of nitrogens with zero attached hydrogens (tertiary/aromatic N) is 1. The van der Waals surface area contributed by atoms with E-state index in [-0.39, 0.29) is 11.1 Å². The molecule has 3 rings (SSSR count). The van der Waals surface area contributed by atoms with Crippen molar-refractivity contribution in [1.29, 1.82) is 0 Å². The Bertz CT molecular complexity index is 818. The molecule has 152 valence electrons. The van der Waals surface area contributed by atoms with Gasteiger partial charge in [0.15, 0.2) is 5.11 Å². The van der Waals surface area contributed by atoms with Crippen molar-refractivity contribution in [3.8, 4) is 0 Å². The van der Waals surface area contributed by atoms with E-state index in [1.807, 2.05) is 12.1 Å². The number of hydrogen-bond acceptors (Lipinski definition) is 3. The standard InChI is InChI=1S/C21H27Cl2N3S2/c1-20(2)11-15(12-21(3,4)25-20)26(13-16-6-5-9-28-16)19(27)24-18-8-7-14(22)10-17(18)23/h5-10,15,25H,11-13H2,1-4H3,(H,24,27). The Morgan fingerprint density at radius 1 is 1.21 bits per heavy atom. The van der Waals surface area contributed by atoms with Crippen LogP contribution in [-0.4, -0.2) is 27.1 Å². The zero-order chi connectivity index (χ0) is 20.5. The molecule has 1 aliphatic rings. The van der Waals surface area contributed by atoms with Crippen molar-refractivity contribution in [2.45, 2.75) is 64.2 Å². The van der Waals surface area contributed by atoms with E-state index in [0.717, 1.165) is 25.1 Å². The van der Waals surface area contributed by atoms with Crippen molar-refractivity contribution in [3.05, 3.63) is 50.6 Å². The van der Waals surface area contributed by atoms with Gasteiger partial charge in [-0.05, 0) is 82.4 Å². The van der Waals surface area contributed by atoms with Gasteiger partial charge in [0.1, 0.15) is 0 Å². The molecule has 0 aliphatic carbocycles. The van der Waals surface area contributed by atoms with Crippen LogP contribution in [0, 0.1) is 0 Å². The fourth-order valence-corrected chi connectivity index (χ4v) is 5.69. The maximum Gasteiger partial charge on any atom is 0.174 e. The molecule has 1 aromatic heterocycles. The average molecular weight is 457 g/mol. The van der Waals surface area contributed by atoms with E-state index in [1.165, 1.54) is 4.88 Å². The van der Waals surface area contributed by atoms with E-state index in [4.69, 9.17) is 35.4 Å². The Balaban J connectivity index is 1.86. The van der Waals surface area contributed by atoms with Gasteiger partial charge >= 0.3 is 0 Å². The number of piperidine rings is 1.